The molecule has 0 aliphatic rings. The summed E-state index contributed by atoms with van der Waals surface area (Å²) < 4.78 is 35.3. The summed E-state index contributed by atoms with van der Waals surface area (Å²) in [5.74, 6) is -0.493. The van der Waals surface area contributed by atoms with Gasteiger partial charge in [-0.2, -0.15) is 8.42 Å². The standard InChI is InChI=1S/C22H24N2O5S/c1-2-19-18(13-22(23)26)17-12-16(21(10-11-25)30(27,28)29)8-9-20(17)24(19)14-15-6-4-3-5-7-15/h3-9,11-12,21H,2,10,13-14H2,1H3,(H2,23,26)(H,27,28,29). The number of fused-ring (bicyclic) bond motifs is 1. The molecule has 1 amide bonds. The van der Waals surface area contributed by atoms with Crippen LogP contribution in [0.5, 0.6) is 0 Å². The third kappa shape index (κ3) is 4.44. The Morgan fingerprint density at radius 3 is 2.47 bits per heavy atom. The van der Waals surface area contributed by atoms with Gasteiger partial charge in [0.2, 0.25) is 5.91 Å². The summed E-state index contributed by atoms with van der Waals surface area (Å²) in [5.41, 5.74) is 9.36. The molecule has 0 aliphatic heterocycles. The molecule has 1 aromatic heterocycles. The quantitative estimate of drug-likeness (QED) is 0.401. The number of hydrogen-bond donors (Lipinski definition) is 2. The van der Waals surface area contributed by atoms with Crippen molar-refractivity contribution < 1.29 is 22.6 Å². The van der Waals surface area contributed by atoms with Crippen molar-refractivity contribution in [1.29, 1.82) is 0 Å². The van der Waals surface area contributed by atoms with Crippen molar-refractivity contribution in [2.24, 2.45) is 5.73 Å². The molecular formula is C22H24N2O5S. The number of nitrogens with zero attached hydrogens (tertiary/aromatic N) is 1. The van der Waals surface area contributed by atoms with Gasteiger partial charge in [-0.15, -0.1) is 0 Å². The van der Waals surface area contributed by atoms with Gasteiger partial charge in [0.15, 0.2) is 0 Å². The van der Waals surface area contributed by atoms with Crippen LogP contribution in [0.25, 0.3) is 10.9 Å². The number of aldehydes is 1. The predicted octanol–water partition coefficient (Wildman–Crippen LogP) is 2.80. The molecule has 158 valence electrons. The lowest BCUT2D eigenvalue weighted by Crippen LogP contribution is -2.15. The summed E-state index contributed by atoms with van der Waals surface area (Å²) in [6.07, 6.45) is 0.760. The van der Waals surface area contributed by atoms with Crippen LogP contribution >= 0.6 is 0 Å². The van der Waals surface area contributed by atoms with Gasteiger partial charge < -0.3 is 15.1 Å². The Hall–Kier alpha value is -2.97. The number of nitrogens with two attached hydrogens (primary N) is 1. The average Bonchev–Trinajstić information content (AvgIpc) is 2.97. The van der Waals surface area contributed by atoms with Crippen molar-refractivity contribution in [1.82, 2.24) is 4.57 Å². The number of carbonyl (C=O) groups is 2. The Balaban J connectivity index is 2.24. The highest BCUT2D eigenvalue weighted by Gasteiger charge is 2.26. The lowest BCUT2D eigenvalue weighted by molar-refractivity contribution is -0.117. The van der Waals surface area contributed by atoms with E-state index >= 15 is 0 Å². The molecule has 2 aromatic carbocycles. The smallest absolute Gasteiger partial charge is 0.272 e. The van der Waals surface area contributed by atoms with E-state index in [0.717, 1.165) is 22.3 Å². The average molecular weight is 429 g/mol. The Labute approximate surface area is 175 Å². The molecule has 0 radical (unpaired) electrons. The number of hydrogen-bond acceptors (Lipinski definition) is 4. The van der Waals surface area contributed by atoms with Gasteiger partial charge >= 0.3 is 0 Å². The number of benzene rings is 2. The van der Waals surface area contributed by atoms with Crippen molar-refractivity contribution in [3.05, 3.63) is 70.9 Å². The van der Waals surface area contributed by atoms with E-state index in [4.69, 9.17) is 5.73 Å². The van der Waals surface area contributed by atoms with E-state index in [1.807, 2.05) is 37.3 Å². The maximum atomic E-state index is 11.8. The summed E-state index contributed by atoms with van der Waals surface area (Å²) in [6.45, 7) is 2.56. The fourth-order valence-corrected chi connectivity index (χ4v) is 4.75. The van der Waals surface area contributed by atoms with Crippen LogP contribution in [-0.2, 0) is 39.1 Å². The number of carbonyl (C=O) groups excluding carboxylic acids is 2. The second kappa shape index (κ2) is 8.81. The first-order chi connectivity index (χ1) is 14.3. The summed E-state index contributed by atoms with van der Waals surface area (Å²) in [4.78, 5) is 22.7. The number of primary amides is 1. The highest BCUT2D eigenvalue weighted by molar-refractivity contribution is 7.86. The molecule has 0 saturated heterocycles. The van der Waals surface area contributed by atoms with Crippen molar-refractivity contribution in [3.8, 4) is 0 Å². The van der Waals surface area contributed by atoms with E-state index in [9.17, 15) is 22.6 Å². The van der Waals surface area contributed by atoms with Gasteiger partial charge in [-0.1, -0.05) is 43.3 Å². The first-order valence-electron chi connectivity index (χ1n) is 9.62. The topological polar surface area (TPSA) is 119 Å². The van der Waals surface area contributed by atoms with Gasteiger partial charge in [0, 0.05) is 29.6 Å². The monoisotopic (exact) mass is 428 g/mol. The molecule has 0 bridgehead atoms. The molecule has 3 aromatic rings. The Morgan fingerprint density at radius 1 is 1.20 bits per heavy atom. The minimum atomic E-state index is -4.47. The lowest BCUT2D eigenvalue weighted by atomic mass is 10.0. The van der Waals surface area contributed by atoms with Crippen LogP contribution in [0, 0.1) is 0 Å². The fraction of sp³-hybridized carbons (Fsp3) is 0.273. The highest BCUT2D eigenvalue weighted by Crippen LogP contribution is 2.33. The molecule has 7 nitrogen and oxygen atoms in total. The Morgan fingerprint density at radius 2 is 1.90 bits per heavy atom. The summed E-state index contributed by atoms with van der Waals surface area (Å²) >= 11 is 0. The highest BCUT2D eigenvalue weighted by atomic mass is 32.2. The van der Waals surface area contributed by atoms with Crippen molar-refractivity contribution in [2.45, 2.75) is 38.0 Å². The molecule has 0 spiro atoms. The van der Waals surface area contributed by atoms with Crippen molar-refractivity contribution >= 4 is 33.2 Å². The Kier molecular flexibility index (Phi) is 6.38. The molecule has 3 rings (SSSR count). The SMILES string of the molecule is CCc1c(CC(N)=O)c2cc(C(CC=O)S(=O)(=O)O)ccc2n1Cc1ccccc1. The zero-order chi connectivity index (χ0) is 21.9. The molecule has 0 aliphatic carbocycles. The van der Waals surface area contributed by atoms with Gasteiger partial charge in [0.05, 0.1) is 6.42 Å². The van der Waals surface area contributed by atoms with E-state index in [1.165, 1.54) is 0 Å². The first kappa shape index (κ1) is 21.7. The maximum Gasteiger partial charge on any atom is 0.272 e. The molecule has 1 atom stereocenters. The van der Waals surface area contributed by atoms with Crippen LogP contribution < -0.4 is 5.73 Å². The molecule has 30 heavy (non-hydrogen) atoms. The van der Waals surface area contributed by atoms with E-state index in [-0.39, 0.29) is 12.8 Å². The number of amides is 1. The van der Waals surface area contributed by atoms with Crippen LogP contribution in [0.1, 0.15) is 41.0 Å². The van der Waals surface area contributed by atoms with Gasteiger partial charge in [-0.3, -0.25) is 9.35 Å². The van der Waals surface area contributed by atoms with Gasteiger partial charge in [0.1, 0.15) is 11.5 Å². The molecule has 1 unspecified atom stereocenters. The second-order valence-electron chi connectivity index (χ2n) is 7.18. The summed E-state index contributed by atoms with van der Waals surface area (Å²) in [6, 6.07) is 14.8. The van der Waals surface area contributed by atoms with Crippen LogP contribution in [0.15, 0.2) is 48.5 Å². The summed E-state index contributed by atoms with van der Waals surface area (Å²) in [5, 5.41) is -0.665. The largest absolute Gasteiger partial charge is 0.369 e. The zero-order valence-corrected chi connectivity index (χ0v) is 17.4. The molecule has 0 saturated carbocycles. The van der Waals surface area contributed by atoms with Gasteiger partial charge in [0.25, 0.3) is 10.1 Å². The minimum absolute atomic E-state index is 0.00907. The second-order valence-corrected chi connectivity index (χ2v) is 8.78. The molecule has 3 N–H and O–H groups in total. The normalized spacial score (nSPS) is 12.7. The van der Waals surface area contributed by atoms with E-state index < -0.39 is 21.3 Å². The van der Waals surface area contributed by atoms with E-state index in [1.54, 1.807) is 18.2 Å². The predicted molar refractivity (Wildman–Crippen MR) is 115 cm³/mol. The number of aromatic nitrogens is 1. The first-order valence-corrected chi connectivity index (χ1v) is 11.1. The number of rotatable bonds is 9. The van der Waals surface area contributed by atoms with Crippen LogP contribution in [0.3, 0.4) is 0 Å². The lowest BCUT2D eigenvalue weighted by Gasteiger charge is -2.13. The van der Waals surface area contributed by atoms with E-state index in [2.05, 4.69) is 4.57 Å². The van der Waals surface area contributed by atoms with Crippen molar-refractivity contribution in [2.75, 3.05) is 0 Å². The third-order valence-electron chi connectivity index (χ3n) is 5.22. The van der Waals surface area contributed by atoms with E-state index in [0.29, 0.717) is 30.2 Å². The van der Waals surface area contributed by atoms with Crippen LogP contribution in [-0.4, -0.2) is 29.7 Å². The zero-order valence-electron chi connectivity index (χ0n) is 16.6. The molecule has 8 heteroatoms. The molecular weight excluding hydrogens is 404 g/mol. The van der Waals surface area contributed by atoms with Crippen LogP contribution in [0.2, 0.25) is 0 Å². The van der Waals surface area contributed by atoms with Gasteiger partial charge in [-0.05, 0) is 35.2 Å². The van der Waals surface area contributed by atoms with Gasteiger partial charge in [-0.25, -0.2) is 0 Å². The van der Waals surface area contributed by atoms with Crippen molar-refractivity contribution in [3.63, 3.8) is 0 Å². The Bertz CT molecular complexity index is 1180. The maximum absolute atomic E-state index is 11.8. The molecule has 0 fully saturated rings. The molecule has 1 heterocycles. The minimum Gasteiger partial charge on any atom is -0.369 e. The summed E-state index contributed by atoms with van der Waals surface area (Å²) in [7, 11) is -4.47. The third-order valence-corrected chi connectivity index (χ3v) is 6.41. The fourth-order valence-electron chi connectivity index (χ4n) is 3.93. The van der Waals surface area contributed by atoms with Crippen LogP contribution in [0.4, 0.5) is 0 Å².